The second-order valence-corrected chi connectivity index (χ2v) is 4.17. The molecule has 1 aliphatic rings. The molecule has 2 nitrogen and oxygen atoms in total. The molecule has 0 aromatic carbocycles. The molecule has 11 heavy (non-hydrogen) atoms. The molecule has 0 heterocycles. The molecule has 0 aromatic rings. The zero-order valence-electron chi connectivity index (χ0n) is 7.39. The van der Waals surface area contributed by atoms with Crippen LogP contribution in [-0.4, -0.2) is 12.3 Å². The van der Waals surface area contributed by atoms with Gasteiger partial charge in [0.2, 0.25) is 0 Å². The number of carbonyl (C=O) groups excluding carboxylic acids is 1. The first-order valence-electron chi connectivity index (χ1n) is 4.28. The Morgan fingerprint density at radius 1 is 1.64 bits per heavy atom. The van der Waals surface area contributed by atoms with E-state index in [9.17, 15) is 4.79 Å². The van der Waals surface area contributed by atoms with E-state index >= 15 is 0 Å². The lowest BCUT2D eigenvalue weighted by Crippen LogP contribution is -2.09. The summed E-state index contributed by atoms with van der Waals surface area (Å²) >= 11 is 0. The van der Waals surface area contributed by atoms with Gasteiger partial charge in [0.25, 0.3) is 0 Å². The van der Waals surface area contributed by atoms with Crippen molar-refractivity contribution in [3.8, 4) is 0 Å². The molecule has 0 aliphatic heterocycles. The molecular weight excluding hydrogens is 138 g/mol. The maximum atomic E-state index is 11.1. The standard InChI is InChI=1S/C9H17NO/c1-9(2)6-7(9)5-8(11)3-4-10/h7H,3-6,10H2,1-2H3. The van der Waals surface area contributed by atoms with Crippen LogP contribution in [-0.2, 0) is 4.79 Å². The smallest absolute Gasteiger partial charge is 0.134 e. The van der Waals surface area contributed by atoms with Crippen LogP contribution >= 0.6 is 0 Å². The van der Waals surface area contributed by atoms with Gasteiger partial charge in [0.05, 0.1) is 0 Å². The topological polar surface area (TPSA) is 43.1 Å². The summed E-state index contributed by atoms with van der Waals surface area (Å²) in [5, 5.41) is 0. The van der Waals surface area contributed by atoms with E-state index in [4.69, 9.17) is 5.73 Å². The molecule has 64 valence electrons. The summed E-state index contributed by atoms with van der Waals surface area (Å²) in [5.41, 5.74) is 5.71. The van der Waals surface area contributed by atoms with Crippen molar-refractivity contribution in [1.29, 1.82) is 0 Å². The third-order valence-corrected chi connectivity index (χ3v) is 2.61. The Kier molecular flexibility index (Phi) is 2.33. The van der Waals surface area contributed by atoms with Gasteiger partial charge in [0.15, 0.2) is 0 Å². The van der Waals surface area contributed by atoms with Crippen molar-refractivity contribution in [2.75, 3.05) is 6.54 Å². The lowest BCUT2D eigenvalue weighted by atomic mass is 10.0. The summed E-state index contributed by atoms with van der Waals surface area (Å²) in [6, 6.07) is 0. The molecule has 1 atom stereocenters. The maximum absolute atomic E-state index is 11.1. The average Bonchev–Trinajstić information content (AvgIpc) is 2.39. The average molecular weight is 155 g/mol. The summed E-state index contributed by atoms with van der Waals surface area (Å²) < 4.78 is 0. The minimum atomic E-state index is 0.336. The highest BCUT2D eigenvalue weighted by Gasteiger charge is 2.45. The van der Waals surface area contributed by atoms with Gasteiger partial charge in [-0.15, -0.1) is 0 Å². The first-order valence-corrected chi connectivity index (χ1v) is 4.28. The number of carbonyl (C=O) groups is 1. The number of rotatable bonds is 4. The third kappa shape index (κ3) is 2.29. The van der Waals surface area contributed by atoms with Crippen molar-refractivity contribution < 1.29 is 4.79 Å². The highest BCUT2D eigenvalue weighted by atomic mass is 16.1. The van der Waals surface area contributed by atoms with Crippen LogP contribution in [0.15, 0.2) is 0 Å². The largest absolute Gasteiger partial charge is 0.330 e. The molecule has 2 heteroatoms. The van der Waals surface area contributed by atoms with Gasteiger partial charge in [0.1, 0.15) is 5.78 Å². The molecule has 0 bridgehead atoms. The fraction of sp³-hybridized carbons (Fsp3) is 0.889. The van der Waals surface area contributed by atoms with Crippen LogP contribution in [0.1, 0.15) is 33.1 Å². The minimum absolute atomic E-state index is 0.336. The highest BCUT2D eigenvalue weighted by molar-refractivity contribution is 5.79. The zero-order valence-corrected chi connectivity index (χ0v) is 7.39. The first kappa shape index (κ1) is 8.72. The summed E-state index contributed by atoms with van der Waals surface area (Å²) in [7, 11) is 0. The van der Waals surface area contributed by atoms with E-state index in [2.05, 4.69) is 13.8 Å². The number of ketones is 1. The van der Waals surface area contributed by atoms with E-state index in [-0.39, 0.29) is 0 Å². The molecule has 0 radical (unpaired) electrons. The molecule has 1 rings (SSSR count). The third-order valence-electron chi connectivity index (χ3n) is 2.61. The van der Waals surface area contributed by atoms with Gasteiger partial charge in [-0.3, -0.25) is 4.79 Å². The van der Waals surface area contributed by atoms with Crippen LogP contribution in [0, 0.1) is 11.3 Å². The van der Waals surface area contributed by atoms with Crippen LogP contribution in [0.4, 0.5) is 0 Å². The SMILES string of the molecule is CC1(C)CC1CC(=O)CCN. The molecular formula is C9H17NO. The maximum Gasteiger partial charge on any atom is 0.134 e. The Balaban J connectivity index is 2.18. The van der Waals surface area contributed by atoms with Gasteiger partial charge in [-0.2, -0.15) is 0 Å². The monoisotopic (exact) mass is 155 g/mol. The van der Waals surface area contributed by atoms with Crippen molar-refractivity contribution in [2.24, 2.45) is 17.1 Å². The summed E-state index contributed by atoms with van der Waals surface area (Å²) in [6.45, 7) is 4.94. The summed E-state index contributed by atoms with van der Waals surface area (Å²) in [4.78, 5) is 11.1. The fourth-order valence-electron chi connectivity index (χ4n) is 1.46. The van der Waals surface area contributed by atoms with E-state index in [1.807, 2.05) is 0 Å². The minimum Gasteiger partial charge on any atom is -0.330 e. The molecule has 0 saturated heterocycles. The molecule has 2 N–H and O–H groups in total. The number of hydrogen-bond donors (Lipinski definition) is 1. The van der Waals surface area contributed by atoms with Crippen molar-refractivity contribution in [3.05, 3.63) is 0 Å². The summed E-state index contributed by atoms with van der Waals surface area (Å²) in [6.07, 6.45) is 2.53. The van der Waals surface area contributed by atoms with Gasteiger partial charge < -0.3 is 5.73 Å². The van der Waals surface area contributed by atoms with Crippen LogP contribution in [0.25, 0.3) is 0 Å². The Bertz CT molecular complexity index is 163. The number of Topliss-reactive ketones (excluding diaryl/α,β-unsaturated/α-hetero) is 1. The second-order valence-electron chi connectivity index (χ2n) is 4.17. The fourth-order valence-corrected chi connectivity index (χ4v) is 1.46. The van der Waals surface area contributed by atoms with Crippen molar-refractivity contribution >= 4 is 5.78 Å². The predicted octanol–water partition coefficient (Wildman–Crippen LogP) is 1.34. The lowest BCUT2D eigenvalue weighted by Gasteiger charge is -2.00. The second kappa shape index (κ2) is 2.94. The van der Waals surface area contributed by atoms with Crippen LogP contribution < -0.4 is 5.73 Å². The van der Waals surface area contributed by atoms with Crippen LogP contribution in [0.2, 0.25) is 0 Å². The predicted molar refractivity (Wildman–Crippen MR) is 45.2 cm³/mol. The van der Waals surface area contributed by atoms with Crippen molar-refractivity contribution in [2.45, 2.75) is 33.1 Å². The Hall–Kier alpha value is -0.370. The van der Waals surface area contributed by atoms with E-state index in [0.717, 1.165) is 6.42 Å². The molecule has 0 amide bonds. The molecule has 1 saturated carbocycles. The van der Waals surface area contributed by atoms with Gasteiger partial charge in [0, 0.05) is 12.8 Å². The summed E-state index contributed by atoms with van der Waals surface area (Å²) in [5.74, 6) is 0.977. The highest BCUT2D eigenvalue weighted by Crippen LogP contribution is 2.53. The van der Waals surface area contributed by atoms with Crippen molar-refractivity contribution in [1.82, 2.24) is 0 Å². The Labute approximate surface area is 68.2 Å². The Morgan fingerprint density at radius 2 is 2.18 bits per heavy atom. The quantitative estimate of drug-likeness (QED) is 0.665. The first-order chi connectivity index (χ1) is 5.06. The van der Waals surface area contributed by atoms with E-state index in [1.54, 1.807) is 0 Å². The lowest BCUT2D eigenvalue weighted by molar-refractivity contribution is -0.119. The number of nitrogens with two attached hydrogens (primary N) is 1. The van der Waals surface area contributed by atoms with E-state index < -0.39 is 0 Å². The molecule has 1 fully saturated rings. The van der Waals surface area contributed by atoms with Crippen LogP contribution in [0.5, 0.6) is 0 Å². The van der Waals surface area contributed by atoms with Crippen LogP contribution in [0.3, 0.4) is 0 Å². The Morgan fingerprint density at radius 3 is 2.55 bits per heavy atom. The van der Waals surface area contributed by atoms with Crippen molar-refractivity contribution in [3.63, 3.8) is 0 Å². The van der Waals surface area contributed by atoms with E-state index in [0.29, 0.717) is 30.1 Å². The van der Waals surface area contributed by atoms with Gasteiger partial charge in [-0.1, -0.05) is 13.8 Å². The number of hydrogen-bond acceptors (Lipinski definition) is 2. The zero-order chi connectivity index (χ0) is 8.48. The van der Waals surface area contributed by atoms with Gasteiger partial charge in [-0.25, -0.2) is 0 Å². The van der Waals surface area contributed by atoms with Gasteiger partial charge >= 0.3 is 0 Å². The molecule has 0 spiro atoms. The normalized spacial score (nSPS) is 26.6. The molecule has 0 aromatic heterocycles. The van der Waals surface area contributed by atoms with E-state index in [1.165, 1.54) is 6.42 Å². The molecule has 1 unspecified atom stereocenters. The van der Waals surface area contributed by atoms with Gasteiger partial charge in [-0.05, 0) is 24.3 Å². The molecule has 1 aliphatic carbocycles.